The van der Waals surface area contributed by atoms with Crippen molar-refractivity contribution in [3.63, 3.8) is 0 Å². The van der Waals surface area contributed by atoms with Crippen molar-refractivity contribution < 1.29 is 47.6 Å². The average molecular weight is 782 g/mol. The Morgan fingerprint density at radius 3 is 1.39 bits per heavy atom. The van der Waals surface area contributed by atoms with Gasteiger partial charge in [0.2, 0.25) is 11.9 Å². The van der Waals surface area contributed by atoms with Crippen molar-refractivity contribution in [1.29, 1.82) is 5.26 Å². The Labute approximate surface area is 328 Å². The topological polar surface area (TPSA) is 220 Å². The fourth-order valence-electron chi connectivity index (χ4n) is 4.16. The second-order valence-electron chi connectivity index (χ2n) is 16.0. The van der Waals surface area contributed by atoms with Gasteiger partial charge < -0.3 is 28.4 Å². The van der Waals surface area contributed by atoms with Crippen LogP contribution in [-0.4, -0.2) is 85.0 Å². The number of rotatable bonds is 9. The van der Waals surface area contributed by atoms with E-state index in [-0.39, 0.29) is 38.2 Å². The van der Waals surface area contributed by atoms with Gasteiger partial charge in [-0.2, -0.15) is 5.26 Å². The Morgan fingerprint density at radius 2 is 1.00 bits per heavy atom. The molecule has 306 valence electrons. The molecular weight excluding hydrogens is 726 g/mol. The van der Waals surface area contributed by atoms with Gasteiger partial charge in [-0.15, -0.1) is 0 Å². The molecule has 0 unspecified atom stereocenters. The minimum Gasteiger partial charge on any atom is -0.492 e. The van der Waals surface area contributed by atoms with Gasteiger partial charge in [0.25, 0.3) is 0 Å². The number of carbonyl (C=O) groups excluding carboxylic acids is 4. The summed E-state index contributed by atoms with van der Waals surface area (Å²) in [7, 11) is 0. The van der Waals surface area contributed by atoms with Crippen molar-refractivity contribution in [3.05, 3.63) is 48.0 Å². The Hall–Kier alpha value is -6.05. The highest BCUT2D eigenvalue weighted by Gasteiger charge is 2.23. The second kappa shape index (κ2) is 20.0. The third-order valence-electron chi connectivity index (χ3n) is 5.98. The lowest BCUT2D eigenvalue weighted by Crippen LogP contribution is -2.47. The molecule has 0 saturated heterocycles. The van der Waals surface area contributed by atoms with Gasteiger partial charge in [0.15, 0.2) is 0 Å². The number of ether oxygens (including phenoxy) is 6. The summed E-state index contributed by atoms with van der Waals surface area (Å²) >= 11 is 0. The molecule has 4 amide bonds. The molecule has 2 aromatic carbocycles. The monoisotopic (exact) mass is 781 g/mol. The molecule has 17 heteroatoms. The summed E-state index contributed by atoms with van der Waals surface area (Å²) in [5.74, 6) is 0.466. The molecule has 0 heterocycles. The molecule has 0 aliphatic heterocycles. The molecule has 2 aromatic rings. The standard InChI is InChI=1S/C39H55N7O10/c1-36(2,3)53-32(47)43-30(44-33(48)54-37(4,5)6)41-18-20-51-27-15-13-14-26(23-27)28-17-16-25(24-40)22-29(28)52-21-19-42-31(45-34(49)55-38(7,8)9)46-35(50)56-39(10,11)12/h13-17,22-23H,18-21H2,1-12H3,(H2,41,43,44,47,48)(H2,42,45,46,49,50). The molecule has 4 N–H and O–H groups in total. The summed E-state index contributed by atoms with van der Waals surface area (Å²) in [6.07, 6.45) is -3.30. The van der Waals surface area contributed by atoms with Crippen LogP contribution in [-0.2, 0) is 18.9 Å². The highest BCUT2D eigenvalue weighted by Crippen LogP contribution is 2.33. The van der Waals surface area contributed by atoms with E-state index in [0.717, 1.165) is 0 Å². The largest absolute Gasteiger partial charge is 0.492 e. The van der Waals surface area contributed by atoms with Gasteiger partial charge in [-0.3, -0.25) is 21.3 Å². The fourth-order valence-corrected chi connectivity index (χ4v) is 4.16. The SMILES string of the molecule is CC(C)(C)OC(=O)NC(=NCCOc1cccc(-c2ccc(C#N)cc2OCCN=C(NC(=O)OC(C)(C)C)NC(=O)OC(C)(C)C)c1)NC(=O)OC(C)(C)C. The predicted octanol–water partition coefficient (Wildman–Crippen LogP) is 6.79. The zero-order valence-electron chi connectivity index (χ0n) is 34.3. The minimum absolute atomic E-state index is 0.0113. The summed E-state index contributed by atoms with van der Waals surface area (Å²) in [6.45, 7) is 20.4. The Kier molecular flexibility index (Phi) is 16.5. The van der Waals surface area contributed by atoms with Gasteiger partial charge in [-0.1, -0.05) is 12.1 Å². The summed E-state index contributed by atoms with van der Waals surface area (Å²) in [5.41, 5.74) is -1.47. The molecule has 0 aromatic heterocycles. The van der Waals surface area contributed by atoms with E-state index >= 15 is 0 Å². The van der Waals surface area contributed by atoms with Gasteiger partial charge in [0.1, 0.15) is 47.1 Å². The van der Waals surface area contributed by atoms with Gasteiger partial charge in [-0.05, 0) is 119 Å². The van der Waals surface area contributed by atoms with Gasteiger partial charge in [-0.25, -0.2) is 29.2 Å². The molecule has 0 fully saturated rings. The van der Waals surface area contributed by atoms with E-state index in [1.165, 1.54) is 0 Å². The van der Waals surface area contributed by atoms with Crippen LogP contribution in [0.15, 0.2) is 52.4 Å². The van der Waals surface area contributed by atoms with Crippen molar-refractivity contribution in [2.75, 3.05) is 26.3 Å². The predicted molar refractivity (Wildman–Crippen MR) is 210 cm³/mol. The molecule has 0 radical (unpaired) electrons. The van der Waals surface area contributed by atoms with Crippen molar-refractivity contribution in [1.82, 2.24) is 21.3 Å². The van der Waals surface area contributed by atoms with Crippen LogP contribution in [0.2, 0.25) is 0 Å². The van der Waals surface area contributed by atoms with E-state index in [4.69, 9.17) is 28.4 Å². The lowest BCUT2D eigenvalue weighted by Gasteiger charge is -2.22. The molecule has 0 bridgehead atoms. The van der Waals surface area contributed by atoms with Crippen LogP contribution < -0.4 is 30.7 Å². The molecule has 17 nitrogen and oxygen atoms in total. The van der Waals surface area contributed by atoms with Crippen LogP contribution in [0.3, 0.4) is 0 Å². The van der Waals surface area contributed by atoms with Crippen LogP contribution >= 0.6 is 0 Å². The van der Waals surface area contributed by atoms with Crippen LogP contribution in [0, 0.1) is 11.3 Å². The lowest BCUT2D eigenvalue weighted by atomic mass is 10.0. The Morgan fingerprint density at radius 1 is 0.589 bits per heavy atom. The number of aliphatic imine (C=N–C) groups is 2. The maximum absolute atomic E-state index is 12.4. The van der Waals surface area contributed by atoms with Crippen molar-refractivity contribution >= 4 is 36.3 Å². The number of benzene rings is 2. The first-order valence-electron chi connectivity index (χ1n) is 17.8. The number of carbonyl (C=O) groups is 4. The highest BCUT2D eigenvalue weighted by molar-refractivity contribution is 6.02. The number of hydrogen-bond acceptors (Lipinski definition) is 13. The third kappa shape index (κ3) is 19.9. The normalized spacial score (nSPS) is 11.4. The fraction of sp³-hybridized carbons (Fsp3) is 0.513. The maximum Gasteiger partial charge on any atom is 0.414 e. The van der Waals surface area contributed by atoms with Crippen LogP contribution in [0.25, 0.3) is 11.1 Å². The zero-order chi connectivity index (χ0) is 42.3. The van der Waals surface area contributed by atoms with Gasteiger partial charge in [0.05, 0.1) is 24.7 Å². The highest BCUT2D eigenvalue weighted by atomic mass is 16.6. The first-order chi connectivity index (χ1) is 25.8. The van der Waals surface area contributed by atoms with E-state index in [0.29, 0.717) is 28.2 Å². The number of nitriles is 1. The zero-order valence-corrected chi connectivity index (χ0v) is 34.3. The summed E-state index contributed by atoms with van der Waals surface area (Å²) in [6, 6.07) is 14.2. The van der Waals surface area contributed by atoms with Crippen LogP contribution in [0.1, 0.15) is 88.6 Å². The smallest absolute Gasteiger partial charge is 0.414 e. The number of hydrogen-bond donors (Lipinski definition) is 4. The molecule has 0 spiro atoms. The van der Waals surface area contributed by atoms with Crippen molar-refractivity contribution in [2.24, 2.45) is 9.98 Å². The van der Waals surface area contributed by atoms with Crippen LogP contribution in [0.4, 0.5) is 19.2 Å². The average Bonchev–Trinajstić information content (AvgIpc) is 3.01. The number of nitrogens with one attached hydrogen (secondary N) is 4. The lowest BCUT2D eigenvalue weighted by molar-refractivity contribution is 0.0521. The van der Waals surface area contributed by atoms with E-state index < -0.39 is 46.8 Å². The summed E-state index contributed by atoms with van der Waals surface area (Å²) in [4.78, 5) is 58.2. The van der Waals surface area contributed by atoms with Gasteiger partial charge in [0, 0.05) is 5.56 Å². The summed E-state index contributed by atoms with van der Waals surface area (Å²) in [5, 5.41) is 19.3. The Bertz CT molecular complexity index is 1730. The van der Waals surface area contributed by atoms with E-state index in [2.05, 4.69) is 37.3 Å². The Balaban J connectivity index is 2.21. The van der Waals surface area contributed by atoms with Crippen molar-refractivity contribution in [3.8, 4) is 28.7 Å². The van der Waals surface area contributed by atoms with E-state index in [9.17, 15) is 24.4 Å². The summed E-state index contributed by atoms with van der Waals surface area (Å²) < 4.78 is 33.1. The molecule has 2 rings (SSSR count). The van der Waals surface area contributed by atoms with Crippen LogP contribution in [0.5, 0.6) is 11.5 Å². The number of alkyl carbamates (subject to hydrolysis) is 4. The molecular formula is C39H55N7O10. The number of guanidine groups is 2. The molecule has 0 aliphatic carbocycles. The van der Waals surface area contributed by atoms with Crippen molar-refractivity contribution in [2.45, 2.75) is 105 Å². The number of amides is 4. The second-order valence-corrected chi connectivity index (χ2v) is 16.0. The first kappa shape index (κ1) is 46.1. The first-order valence-corrected chi connectivity index (χ1v) is 17.8. The quantitative estimate of drug-likeness (QED) is 0.0897. The molecule has 56 heavy (non-hydrogen) atoms. The third-order valence-corrected chi connectivity index (χ3v) is 5.98. The minimum atomic E-state index is -0.832. The molecule has 0 aliphatic rings. The van der Waals surface area contributed by atoms with E-state index in [1.807, 2.05) is 6.07 Å². The van der Waals surface area contributed by atoms with Gasteiger partial charge >= 0.3 is 24.4 Å². The molecule has 0 atom stereocenters. The molecule has 0 saturated carbocycles. The number of nitrogens with zero attached hydrogens (tertiary/aromatic N) is 3. The maximum atomic E-state index is 12.4. The van der Waals surface area contributed by atoms with E-state index in [1.54, 1.807) is 119 Å².